The van der Waals surface area contributed by atoms with Crippen LogP contribution in [0.2, 0.25) is 0 Å². The van der Waals surface area contributed by atoms with Crippen LogP contribution in [0.15, 0.2) is 27.6 Å². The number of Topliss-reactive ketones (excluding diaryl/α,β-unsaturated/α-hetero) is 1. The van der Waals surface area contributed by atoms with Gasteiger partial charge in [0.1, 0.15) is 0 Å². The van der Waals surface area contributed by atoms with E-state index in [0.717, 1.165) is 40.9 Å². The summed E-state index contributed by atoms with van der Waals surface area (Å²) in [5.41, 5.74) is 0.897. The van der Waals surface area contributed by atoms with Crippen LogP contribution >= 0.6 is 27.7 Å². The van der Waals surface area contributed by atoms with Crippen molar-refractivity contribution in [2.24, 2.45) is 0 Å². The first-order valence-corrected chi connectivity index (χ1v) is 7.52. The molecule has 1 aromatic rings. The van der Waals surface area contributed by atoms with Gasteiger partial charge in [0, 0.05) is 26.1 Å². The summed E-state index contributed by atoms with van der Waals surface area (Å²) in [4.78, 5) is 13.4. The highest BCUT2D eigenvalue weighted by atomic mass is 79.9. The molecule has 17 heavy (non-hydrogen) atoms. The lowest BCUT2D eigenvalue weighted by Crippen LogP contribution is -2.42. The van der Waals surface area contributed by atoms with E-state index >= 15 is 0 Å². The van der Waals surface area contributed by atoms with Crippen molar-refractivity contribution in [3.63, 3.8) is 0 Å². The molecule has 4 heteroatoms. The topological polar surface area (TPSA) is 29.1 Å². The highest BCUT2D eigenvalue weighted by Crippen LogP contribution is 2.48. The zero-order valence-corrected chi connectivity index (χ0v) is 11.9. The second-order valence-electron chi connectivity index (χ2n) is 4.78. The average Bonchev–Trinajstić information content (AvgIpc) is 2.31. The van der Waals surface area contributed by atoms with Crippen molar-refractivity contribution < 1.29 is 4.79 Å². The van der Waals surface area contributed by atoms with Crippen molar-refractivity contribution in [1.29, 1.82) is 0 Å². The zero-order chi connectivity index (χ0) is 11.9. The maximum Gasteiger partial charge on any atom is 0.165 e. The SMILES string of the molecule is O=C1CC2(CCNCC2)Sc2ccc(Br)cc21. The summed E-state index contributed by atoms with van der Waals surface area (Å²) in [5, 5.41) is 3.37. The Bertz CT molecular complexity index is 468. The van der Waals surface area contributed by atoms with Crippen LogP contribution in [0.4, 0.5) is 0 Å². The molecule has 1 spiro atoms. The monoisotopic (exact) mass is 311 g/mol. The van der Waals surface area contributed by atoms with E-state index in [1.165, 1.54) is 0 Å². The molecule has 0 atom stereocenters. The summed E-state index contributed by atoms with van der Waals surface area (Å²) in [6.45, 7) is 2.07. The lowest BCUT2D eigenvalue weighted by molar-refractivity contribution is 0.0955. The van der Waals surface area contributed by atoms with E-state index < -0.39 is 0 Å². The lowest BCUT2D eigenvalue weighted by atomic mass is 9.89. The summed E-state index contributed by atoms with van der Waals surface area (Å²) in [7, 11) is 0. The smallest absolute Gasteiger partial charge is 0.165 e. The number of fused-ring (bicyclic) bond motifs is 1. The molecular formula is C13H14BrNOS. The fraction of sp³-hybridized carbons (Fsp3) is 0.462. The first kappa shape index (κ1) is 11.8. The van der Waals surface area contributed by atoms with Crippen molar-refractivity contribution in [2.75, 3.05) is 13.1 Å². The van der Waals surface area contributed by atoms with Crippen LogP contribution in [-0.4, -0.2) is 23.6 Å². The molecule has 90 valence electrons. The van der Waals surface area contributed by atoms with Gasteiger partial charge in [-0.15, -0.1) is 11.8 Å². The molecular weight excluding hydrogens is 298 g/mol. The minimum absolute atomic E-state index is 0.156. The second-order valence-corrected chi connectivity index (χ2v) is 7.20. The van der Waals surface area contributed by atoms with E-state index in [2.05, 4.69) is 27.3 Å². The van der Waals surface area contributed by atoms with Crippen LogP contribution in [0.5, 0.6) is 0 Å². The Morgan fingerprint density at radius 2 is 2.06 bits per heavy atom. The van der Waals surface area contributed by atoms with Gasteiger partial charge >= 0.3 is 0 Å². The number of nitrogens with one attached hydrogen (secondary N) is 1. The van der Waals surface area contributed by atoms with Crippen LogP contribution in [0.25, 0.3) is 0 Å². The predicted octanol–water partition coefficient (Wildman–Crippen LogP) is 3.25. The molecule has 0 saturated carbocycles. The van der Waals surface area contributed by atoms with Gasteiger partial charge in [0.05, 0.1) is 0 Å². The van der Waals surface area contributed by atoms with Crippen LogP contribution in [0.1, 0.15) is 29.6 Å². The molecule has 0 aromatic heterocycles. The van der Waals surface area contributed by atoms with Gasteiger partial charge in [0.15, 0.2) is 5.78 Å². The fourth-order valence-electron chi connectivity index (χ4n) is 2.63. The van der Waals surface area contributed by atoms with E-state index in [1.54, 1.807) is 0 Å². The maximum absolute atomic E-state index is 12.3. The van der Waals surface area contributed by atoms with Crippen LogP contribution in [0.3, 0.4) is 0 Å². The van der Waals surface area contributed by atoms with Crippen LogP contribution in [-0.2, 0) is 0 Å². The van der Waals surface area contributed by atoms with Gasteiger partial charge in [-0.25, -0.2) is 0 Å². The average molecular weight is 312 g/mol. The van der Waals surface area contributed by atoms with E-state index in [1.807, 2.05) is 23.9 Å². The number of hydrogen-bond acceptors (Lipinski definition) is 3. The molecule has 1 aromatic carbocycles. The number of hydrogen-bond donors (Lipinski definition) is 1. The number of benzene rings is 1. The Morgan fingerprint density at radius 1 is 1.29 bits per heavy atom. The summed E-state index contributed by atoms with van der Waals surface area (Å²) >= 11 is 5.34. The fourth-order valence-corrected chi connectivity index (χ4v) is 4.49. The summed E-state index contributed by atoms with van der Waals surface area (Å²) in [5.74, 6) is 0.307. The van der Waals surface area contributed by atoms with Gasteiger partial charge in [-0.3, -0.25) is 4.79 Å². The molecule has 1 N–H and O–H groups in total. The largest absolute Gasteiger partial charge is 0.317 e. The Balaban J connectivity index is 1.97. The van der Waals surface area contributed by atoms with Gasteiger partial charge in [-0.1, -0.05) is 15.9 Å². The molecule has 1 fully saturated rings. The molecule has 2 aliphatic rings. The Kier molecular flexibility index (Phi) is 3.05. The summed E-state index contributed by atoms with van der Waals surface area (Å²) in [6, 6.07) is 6.06. The third-order valence-corrected chi connectivity index (χ3v) is 5.62. The Labute approximate surface area is 114 Å². The van der Waals surface area contributed by atoms with Crippen molar-refractivity contribution >= 4 is 33.5 Å². The number of ketones is 1. The normalized spacial score (nSPS) is 22.5. The zero-order valence-electron chi connectivity index (χ0n) is 9.46. The van der Waals surface area contributed by atoms with Gasteiger partial charge in [0.25, 0.3) is 0 Å². The minimum Gasteiger partial charge on any atom is -0.317 e. The summed E-state index contributed by atoms with van der Waals surface area (Å²) < 4.78 is 1.15. The van der Waals surface area contributed by atoms with Crippen molar-refractivity contribution in [3.8, 4) is 0 Å². The third-order valence-electron chi connectivity index (χ3n) is 3.57. The number of carbonyl (C=O) groups excluding carboxylic acids is 1. The van der Waals surface area contributed by atoms with Gasteiger partial charge in [-0.2, -0.15) is 0 Å². The Morgan fingerprint density at radius 3 is 2.82 bits per heavy atom. The van der Waals surface area contributed by atoms with Crippen LogP contribution < -0.4 is 5.32 Å². The van der Waals surface area contributed by atoms with E-state index in [9.17, 15) is 4.79 Å². The Hall–Kier alpha value is -0.320. The molecule has 0 bridgehead atoms. The van der Waals surface area contributed by atoms with E-state index in [4.69, 9.17) is 0 Å². The number of rotatable bonds is 0. The standard InChI is InChI=1S/C13H14BrNOS/c14-9-1-2-12-10(7-9)11(16)8-13(17-12)3-5-15-6-4-13/h1-2,7,15H,3-6,8H2. The molecule has 2 aliphatic heterocycles. The van der Waals surface area contributed by atoms with E-state index in [-0.39, 0.29) is 4.75 Å². The first-order chi connectivity index (χ1) is 8.19. The van der Waals surface area contributed by atoms with Gasteiger partial charge in [0.2, 0.25) is 0 Å². The van der Waals surface area contributed by atoms with Gasteiger partial charge in [-0.05, 0) is 44.1 Å². The molecule has 0 radical (unpaired) electrons. The third kappa shape index (κ3) is 2.18. The maximum atomic E-state index is 12.3. The molecule has 2 nitrogen and oxygen atoms in total. The van der Waals surface area contributed by atoms with Crippen molar-refractivity contribution in [2.45, 2.75) is 28.9 Å². The highest BCUT2D eigenvalue weighted by Gasteiger charge is 2.40. The number of carbonyl (C=O) groups is 1. The quantitative estimate of drug-likeness (QED) is 0.797. The first-order valence-electron chi connectivity index (χ1n) is 5.91. The molecule has 0 unspecified atom stereocenters. The van der Waals surface area contributed by atoms with Crippen molar-refractivity contribution in [1.82, 2.24) is 5.32 Å². The second kappa shape index (κ2) is 4.41. The molecule has 1 saturated heterocycles. The molecule has 3 rings (SSSR count). The molecule has 0 amide bonds. The van der Waals surface area contributed by atoms with Crippen molar-refractivity contribution in [3.05, 3.63) is 28.2 Å². The molecule has 2 heterocycles. The minimum atomic E-state index is 0.156. The number of thioether (sulfide) groups is 1. The van der Waals surface area contributed by atoms with Crippen LogP contribution in [0, 0.1) is 0 Å². The summed E-state index contributed by atoms with van der Waals surface area (Å²) in [6.07, 6.45) is 2.89. The number of halogens is 1. The highest BCUT2D eigenvalue weighted by molar-refractivity contribution is 9.10. The lowest BCUT2D eigenvalue weighted by Gasteiger charge is -2.39. The predicted molar refractivity (Wildman–Crippen MR) is 73.8 cm³/mol. The van der Waals surface area contributed by atoms with Gasteiger partial charge < -0.3 is 5.32 Å². The number of piperidine rings is 1. The van der Waals surface area contributed by atoms with E-state index in [0.29, 0.717) is 12.2 Å². The molecule has 0 aliphatic carbocycles.